The van der Waals surface area contributed by atoms with Crippen LogP contribution >= 0.6 is 0 Å². The maximum atomic E-state index is 12.2. The van der Waals surface area contributed by atoms with E-state index in [9.17, 15) is 13.2 Å². The molecule has 1 aromatic carbocycles. The van der Waals surface area contributed by atoms with Gasteiger partial charge in [0.25, 0.3) is 0 Å². The summed E-state index contributed by atoms with van der Waals surface area (Å²) in [5.41, 5.74) is 1.14. The monoisotopic (exact) mass is 328 g/mol. The Hall–Kier alpha value is -1.19. The van der Waals surface area contributed by atoms with Gasteiger partial charge < -0.3 is 4.74 Å². The predicted molar refractivity (Wildman–Crippen MR) is 86.5 cm³/mol. The third-order valence-corrected chi connectivity index (χ3v) is 5.20. The Morgan fingerprint density at radius 1 is 1.09 bits per heavy atom. The molecule has 0 aromatic heterocycles. The SMILES string of the molecule is CCC(C)CCC1CCC(c2ccc(OC(F)(F)F)cc2)CC1. The van der Waals surface area contributed by atoms with Gasteiger partial charge in [0.2, 0.25) is 0 Å². The number of benzene rings is 1. The molecule has 1 saturated carbocycles. The fourth-order valence-electron chi connectivity index (χ4n) is 3.45. The Bertz CT molecular complexity index is 458. The molecule has 4 heteroatoms. The summed E-state index contributed by atoms with van der Waals surface area (Å²) in [5.74, 6) is 1.99. The minimum atomic E-state index is -4.62. The number of alkyl halides is 3. The summed E-state index contributed by atoms with van der Waals surface area (Å²) in [5, 5.41) is 0. The molecule has 0 aliphatic heterocycles. The van der Waals surface area contributed by atoms with Gasteiger partial charge in [-0.05, 0) is 61.1 Å². The standard InChI is InChI=1S/C19H27F3O/c1-3-14(2)4-5-15-6-8-16(9-7-15)17-10-12-18(13-11-17)23-19(20,21)22/h10-16H,3-9H2,1-2H3. The van der Waals surface area contributed by atoms with Gasteiger partial charge in [-0.1, -0.05) is 45.2 Å². The van der Waals surface area contributed by atoms with Gasteiger partial charge in [0.1, 0.15) is 5.75 Å². The second kappa shape index (κ2) is 8.07. The molecule has 1 aromatic rings. The molecule has 2 rings (SSSR count). The molecule has 1 fully saturated rings. The summed E-state index contributed by atoms with van der Waals surface area (Å²) in [6, 6.07) is 6.42. The lowest BCUT2D eigenvalue weighted by molar-refractivity contribution is -0.274. The average molecular weight is 328 g/mol. The van der Waals surface area contributed by atoms with Crippen molar-refractivity contribution in [2.24, 2.45) is 11.8 Å². The molecule has 1 atom stereocenters. The lowest BCUT2D eigenvalue weighted by Gasteiger charge is -2.29. The topological polar surface area (TPSA) is 9.23 Å². The van der Waals surface area contributed by atoms with Crippen molar-refractivity contribution in [2.75, 3.05) is 0 Å². The van der Waals surface area contributed by atoms with Crippen LogP contribution in [0.5, 0.6) is 5.75 Å². The smallest absolute Gasteiger partial charge is 0.406 e. The molecule has 0 heterocycles. The molecule has 23 heavy (non-hydrogen) atoms. The highest BCUT2D eigenvalue weighted by Gasteiger charge is 2.31. The molecule has 1 unspecified atom stereocenters. The molecule has 0 saturated heterocycles. The van der Waals surface area contributed by atoms with E-state index in [1.807, 2.05) is 0 Å². The molecule has 1 nitrogen and oxygen atoms in total. The number of halogens is 3. The van der Waals surface area contributed by atoms with Crippen molar-refractivity contribution in [2.45, 2.75) is 71.1 Å². The number of hydrogen-bond donors (Lipinski definition) is 0. The van der Waals surface area contributed by atoms with E-state index in [0.29, 0.717) is 5.92 Å². The first-order valence-electron chi connectivity index (χ1n) is 8.73. The van der Waals surface area contributed by atoms with E-state index < -0.39 is 6.36 Å². The fourth-order valence-corrected chi connectivity index (χ4v) is 3.45. The Kier molecular flexibility index (Phi) is 6.37. The van der Waals surface area contributed by atoms with Crippen molar-refractivity contribution in [3.8, 4) is 5.75 Å². The second-order valence-corrected chi connectivity index (χ2v) is 6.93. The highest BCUT2D eigenvalue weighted by atomic mass is 19.4. The molecular formula is C19H27F3O. The van der Waals surface area contributed by atoms with E-state index in [0.717, 1.165) is 30.2 Å². The van der Waals surface area contributed by atoms with E-state index in [2.05, 4.69) is 18.6 Å². The maximum Gasteiger partial charge on any atom is 0.573 e. The van der Waals surface area contributed by atoms with Gasteiger partial charge in [-0.2, -0.15) is 0 Å². The van der Waals surface area contributed by atoms with E-state index in [1.54, 1.807) is 12.1 Å². The Balaban J connectivity index is 1.81. The van der Waals surface area contributed by atoms with Crippen molar-refractivity contribution < 1.29 is 17.9 Å². The Labute approximate surface area is 137 Å². The van der Waals surface area contributed by atoms with Crippen LogP contribution in [0.15, 0.2) is 24.3 Å². The molecule has 130 valence electrons. The van der Waals surface area contributed by atoms with Crippen molar-refractivity contribution in [3.05, 3.63) is 29.8 Å². The molecule has 1 aliphatic rings. The first-order chi connectivity index (χ1) is 10.9. The molecule has 0 N–H and O–H groups in total. The van der Waals surface area contributed by atoms with Gasteiger partial charge in [-0.15, -0.1) is 13.2 Å². The quantitative estimate of drug-likeness (QED) is 0.565. The van der Waals surface area contributed by atoms with Crippen LogP contribution < -0.4 is 4.74 Å². The van der Waals surface area contributed by atoms with Crippen molar-refractivity contribution in [1.29, 1.82) is 0 Å². The largest absolute Gasteiger partial charge is 0.573 e. The molecule has 0 bridgehead atoms. The van der Waals surface area contributed by atoms with E-state index in [-0.39, 0.29) is 5.75 Å². The van der Waals surface area contributed by atoms with E-state index in [4.69, 9.17) is 0 Å². The third-order valence-electron chi connectivity index (χ3n) is 5.20. The predicted octanol–water partition coefficient (Wildman–Crippen LogP) is 6.69. The summed E-state index contributed by atoms with van der Waals surface area (Å²) in [6.07, 6.45) is 4.03. The number of rotatable bonds is 6. The average Bonchev–Trinajstić information content (AvgIpc) is 2.52. The summed E-state index contributed by atoms with van der Waals surface area (Å²) in [7, 11) is 0. The van der Waals surface area contributed by atoms with Crippen LogP contribution in [0.25, 0.3) is 0 Å². The number of ether oxygens (including phenoxy) is 1. The summed E-state index contributed by atoms with van der Waals surface area (Å²) in [6.45, 7) is 4.56. The first kappa shape index (κ1) is 18.2. The van der Waals surface area contributed by atoms with Gasteiger partial charge >= 0.3 is 6.36 Å². The molecule has 1 aliphatic carbocycles. The Morgan fingerprint density at radius 2 is 1.70 bits per heavy atom. The van der Waals surface area contributed by atoms with E-state index >= 15 is 0 Å². The molecule has 0 amide bonds. The molecule has 0 radical (unpaired) electrons. The second-order valence-electron chi connectivity index (χ2n) is 6.93. The van der Waals surface area contributed by atoms with Gasteiger partial charge in [0, 0.05) is 0 Å². The third kappa shape index (κ3) is 6.08. The minimum Gasteiger partial charge on any atom is -0.406 e. The van der Waals surface area contributed by atoms with Crippen molar-refractivity contribution >= 4 is 0 Å². The first-order valence-corrected chi connectivity index (χ1v) is 8.73. The minimum absolute atomic E-state index is 0.136. The molecule has 0 spiro atoms. The Morgan fingerprint density at radius 3 is 2.22 bits per heavy atom. The zero-order valence-corrected chi connectivity index (χ0v) is 14.0. The van der Waals surface area contributed by atoms with Gasteiger partial charge in [-0.25, -0.2) is 0 Å². The van der Waals surface area contributed by atoms with Crippen LogP contribution in [-0.2, 0) is 0 Å². The summed E-state index contributed by atoms with van der Waals surface area (Å²) >= 11 is 0. The summed E-state index contributed by atoms with van der Waals surface area (Å²) in [4.78, 5) is 0. The fraction of sp³-hybridized carbons (Fsp3) is 0.684. The normalized spacial score (nSPS) is 23.5. The van der Waals surface area contributed by atoms with Crippen molar-refractivity contribution in [1.82, 2.24) is 0 Å². The van der Waals surface area contributed by atoms with Crippen LogP contribution in [0.4, 0.5) is 13.2 Å². The van der Waals surface area contributed by atoms with Gasteiger partial charge in [0.15, 0.2) is 0 Å². The lowest BCUT2D eigenvalue weighted by atomic mass is 9.76. The van der Waals surface area contributed by atoms with Crippen LogP contribution in [-0.4, -0.2) is 6.36 Å². The van der Waals surface area contributed by atoms with Crippen LogP contribution in [0, 0.1) is 11.8 Å². The maximum absolute atomic E-state index is 12.2. The van der Waals surface area contributed by atoms with Crippen molar-refractivity contribution in [3.63, 3.8) is 0 Å². The summed E-state index contributed by atoms with van der Waals surface area (Å²) < 4.78 is 40.4. The zero-order chi connectivity index (χ0) is 16.9. The van der Waals surface area contributed by atoms with Crippen LogP contribution in [0.3, 0.4) is 0 Å². The number of hydrogen-bond acceptors (Lipinski definition) is 1. The highest BCUT2D eigenvalue weighted by Crippen LogP contribution is 2.38. The van der Waals surface area contributed by atoms with E-state index in [1.165, 1.54) is 44.2 Å². The zero-order valence-electron chi connectivity index (χ0n) is 14.0. The molecular weight excluding hydrogens is 301 g/mol. The van der Waals surface area contributed by atoms with Gasteiger partial charge in [0.05, 0.1) is 0 Å². The van der Waals surface area contributed by atoms with Gasteiger partial charge in [-0.3, -0.25) is 0 Å². The highest BCUT2D eigenvalue weighted by molar-refractivity contribution is 5.29. The van der Waals surface area contributed by atoms with Crippen LogP contribution in [0.1, 0.15) is 70.3 Å². The lowest BCUT2D eigenvalue weighted by Crippen LogP contribution is -2.17. The van der Waals surface area contributed by atoms with Crippen LogP contribution in [0.2, 0.25) is 0 Å².